The lowest BCUT2D eigenvalue weighted by molar-refractivity contribution is 0.396. The minimum Gasteiger partial charge on any atom is -0.480 e. The highest BCUT2D eigenvalue weighted by Gasteiger charge is 2.12. The number of nitrogens with zero attached hydrogens (tertiary/aromatic N) is 4. The highest BCUT2D eigenvalue weighted by Crippen LogP contribution is 2.31. The molecule has 31 heavy (non-hydrogen) atoms. The van der Waals surface area contributed by atoms with Gasteiger partial charge in [0.1, 0.15) is 17.7 Å². The second-order valence-electron chi connectivity index (χ2n) is 6.95. The van der Waals surface area contributed by atoms with Crippen LogP contribution in [0, 0.1) is 22.7 Å². The number of anilines is 1. The van der Waals surface area contributed by atoms with Crippen molar-refractivity contribution in [1.29, 1.82) is 10.5 Å². The third-order valence-electron chi connectivity index (χ3n) is 5.04. The summed E-state index contributed by atoms with van der Waals surface area (Å²) in [5, 5.41) is 23.3. The molecule has 0 aliphatic heterocycles. The molecule has 0 radical (unpaired) electrons. The number of rotatable bonds is 6. The Morgan fingerprint density at radius 1 is 0.903 bits per heavy atom. The average molecular weight is 405 g/mol. The van der Waals surface area contributed by atoms with Gasteiger partial charge in [0.2, 0.25) is 5.88 Å². The fourth-order valence-corrected chi connectivity index (χ4v) is 3.48. The van der Waals surface area contributed by atoms with Crippen LogP contribution in [0.5, 0.6) is 5.88 Å². The van der Waals surface area contributed by atoms with Crippen LogP contribution in [0.3, 0.4) is 0 Å². The molecule has 1 N–H and O–H groups in total. The summed E-state index contributed by atoms with van der Waals surface area (Å²) in [6, 6.07) is 22.1. The summed E-state index contributed by atoms with van der Waals surface area (Å²) in [7, 11) is 1.49. The zero-order chi connectivity index (χ0) is 21.6. The van der Waals surface area contributed by atoms with Gasteiger partial charge in [-0.15, -0.1) is 0 Å². The highest BCUT2D eigenvalue weighted by molar-refractivity contribution is 5.96. The van der Waals surface area contributed by atoms with Crippen molar-refractivity contribution >= 4 is 16.6 Å². The van der Waals surface area contributed by atoms with Crippen LogP contribution in [0.15, 0.2) is 67.0 Å². The summed E-state index contributed by atoms with van der Waals surface area (Å²) < 4.78 is 5.14. The average Bonchev–Trinajstić information content (AvgIpc) is 2.84. The maximum absolute atomic E-state index is 9.62. The number of nitrogens with one attached hydrogen (secondary N) is 1. The van der Waals surface area contributed by atoms with E-state index in [1.54, 1.807) is 18.5 Å². The van der Waals surface area contributed by atoms with E-state index in [2.05, 4.69) is 39.6 Å². The first-order valence-electron chi connectivity index (χ1n) is 9.78. The normalized spacial score (nSPS) is 10.3. The fourth-order valence-electron chi connectivity index (χ4n) is 3.48. The number of ether oxygens (including phenoxy) is 1. The Labute approximate surface area is 180 Å². The van der Waals surface area contributed by atoms with Crippen molar-refractivity contribution in [2.45, 2.75) is 6.42 Å². The molecule has 0 saturated heterocycles. The molecule has 2 aromatic carbocycles. The van der Waals surface area contributed by atoms with Crippen LogP contribution in [0.25, 0.3) is 22.0 Å². The molecule has 0 unspecified atom stereocenters. The molecule has 0 fully saturated rings. The Hall–Kier alpha value is -4.42. The van der Waals surface area contributed by atoms with Gasteiger partial charge >= 0.3 is 0 Å². The lowest BCUT2D eigenvalue weighted by Crippen LogP contribution is -2.07. The van der Waals surface area contributed by atoms with E-state index in [9.17, 15) is 10.5 Å². The van der Waals surface area contributed by atoms with Crippen LogP contribution in [0.4, 0.5) is 5.69 Å². The molecule has 150 valence electrons. The second-order valence-corrected chi connectivity index (χ2v) is 6.95. The van der Waals surface area contributed by atoms with Crippen molar-refractivity contribution in [3.8, 4) is 29.1 Å². The molecule has 0 spiro atoms. The molecule has 0 atom stereocenters. The molecular formula is C25H19N5O. The van der Waals surface area contributed by atoms with Crippen molar-refractivity contribution in [2.75, 3.05) is 19.0 Å². The van der Waals surface area contributed by atoms with Crippen LogP contribution in [0.1, 0.15) is 16.7 Å². The Morgan fingerprint density at radius 2 is 1.71 bits per heavy atom. The van der Waals surface area contributed by atoms with Crippen LogP contribution < -0.4 is 10.1 Å². The van der Waals surface area contributed by atoms with Crippen molar-refractivity contribution in [2.24, 2.45) is 0 Å². The zero-order valence-electron chi connectivity index (χ0n) is 17.0. The number of nitriles is 2. The second kappa shape index (κ2) is 8.94. The molecule has 0 bridgehead atoms. The van der Waals surface area contributed by atoms with Crippen LogP contribution in [-0.4, -0.2) is 23.6 Å². The smallest absolute Gasteiger partial charge is 0.231 e. The predicted molar refractivity (Wildman–Crippen MR) is 120 cm³/mol. The van der Waals surface area contributed by atoms with Gasteiger partial charge in [0, 0.05) is 29.9 Å². The minimum absolute atomic E-state index is 0.295. The standard InChI is InChI=1S/C25H19N5O/c1-31-25-19(13-26)11-20(15-30-25)18-7-8-23-22(12-18)24(21(14-27)16-29-23)28-10-9-17-5-3-2-4-6-17/h2-8,11-12,15-16H,9-10H2,1H3,(H,28,29). The van der Waals surface area contributed by atoms with E-state index >= 15 is 0 Å². The first-order chi connectivity index (χ1) is 15.2. The summed E-state index contributed by atoms with van der Waals surface area (Å²) in [6.07, 6.45) is 4.10. The number of methoxy groups -OCH3 is 1. The van der Waals surface area contributed by atoms with Crippen LogP contribution in [0.2, 0.25) is 0 Å². The van der Waals surface area contributed by atoms with E-state index in [0.717, 1.165) is 34.1 Å². The molecular weight excluding hydrogens is 386 g/mol. The molecule has 4 rings (SSSR count). The molecule has 0 amide bonds. The molecule has 0 aliphatic carbocycles. The minimum atomic E-state index is 0.295. The molecule has 2 aromatic heterocycles. The topological polar surface area (TPSA) is 94.6 Å². The van der Waals surface area contributed by atoms with Gasteiger partial charge in [-0.2, -0.15) is 10.5 Å². The fraction of sp³-hybridized carbons (Fsp3) is 0.120. The van der Waals surface area contributed by atoms with Crippen molar-refractivity contribution in [3.63, 3.8) is 0 Å². The van der Waals surface area contributed by atoms with Crippen LogP contribution in [-0.2, 0) is 6.42 Å². The van der Waals surface area contributed by atoms with Gasteiger partial charge in [0.05, 0.1) is 23.9 Å². The summed E-state index contributed by atoms with van der Waals surface area (Å²) in [6.45, 7) is 0.685. The van der Waals surface area contributed by atoms with E-state index < -0.39 is 0 Å². The Kier molecular flexibility index (Phi) is 5.73. The van der Waals surface area contributed by atoms with Gasteiger partial charge in [0.25, 0.3) is 0 Å². The third kappa shape index (κ3) is 4.14. The number of fused-ring (bicyclic) bond motifs is 1. The lowest BCUT2D eigenvalue weighted by atomic mass is 10.0. The number of hydrogen-bond donors (Lipinski definition) is 1. The predicted octanol–water partition coefficient (Wildman–Crippen LogP) is 4.70. The number of benzene rings is 2. The van der Waals surface area contributed by atoms with Crippen molar-refractivity contribution in [3.05, 3.63) is 83.7 Å². The van der Waals surface area contributed by atoms with Crippen molar-refractivity contribution in [1.82, 2.24) is 9.97 Å². The lowest BCUT2D eigenvalue weighted by Gasteiger charge is -2.13. The quantitative estimate of drug-likeness (QED) is 0.499. The molecule has 6 nitrogen and oxygen atoms in total. The van der Waals surface area contributed by atoms with E-state index in [4.69, 9.17) is 4.74 Å². The van der Waals surface area contributed by atoms with Gasteiger partial charge in [-0.05, 0) is 35.7 Å². The first-order valence-corrected chi connectivity index (χ1v) is 9.78. The van der Waals surface area contributed by atoms with Gasteiger partial charge in [-0.1, -0.05) is 36.4 Å². The summed E-state index contributed by atoms with van der Waals surface area (Å²) in [5.41, 5.74) is 5.28. The van der Waals surface area contributed by atoms with E-state index in [-0.39, 0.29) is 0 Å². The Morgan fingerprint density at radius 3 is 2.45 bits per heavy atom. The van der Waals surface area contributed by atoms with Crippen molar-refractivity contribution < 1.29 is 4.74 Å². The molecule has 6 heteroatoms. The van der Waals surface area contributed by atoms with Gasteiger partial charge in [-0.25, -0.2) is 4.98 Å². The van der Waals surface area contributed by atoms with Crippen LogP contribution >= 0.6 is 0 Å². The van der Waals surface area contributed by atoms with E-state index in [1.165, 1.54) is 12.7 Å². The molecule has 4 aromatic rings. The molecule has 0 saturated carbocycles. The third-order valence-corrected chi connectivity index (χ3v) is 5.04. The van der Waals surface area contributed by atoms with Gasteiger partial charge in [0.15, 0.2) is 0 Å². The molecule has 2 heterocycles. The number of pyridine rings is 2. The maximum Gasteiger partial charge on any atom is 0.231 e. The SMILES string of the molecule is COc1ncc(-c2ccc3ncc(C#N)c(NCCc4ccccc4)c3c2)cc1C#N. The zero-order valence-corrected chi connectivity index (χ0v) is 17.0. The Balaban J connectivity index is 1.72. The highest BCUT2D eigenvalue weighted by atomic mass is 16.5. The van der Waals surface area contributed by atoms with Gasteiger partial charge < -0.3 is 10.1 Å². The molecule has 0 aliphatic rings. The maximum atomic E-state index is 9.62. The monoisotopic (exact) mass is 405 g/mol. The summed E-state index contributed by atoms with van der Waals surface area (Å²) >= 11 is 0. The van der Waals surface area contributed by atoms with E-state index in [1.807, 2.05) is 36.4 Å². The number of hydrogen-bond acceptors (Lipinski definition) is 6. The Bertz CT molecular complexity index is 1320. The largest absolute Gasteiger partial charge is 0.480 e. The summed E-state index contributed by atoms with van der Waals surface area (Å²) in [4.78, 5) is 8.66. The van der Waals surface area contributed by atoms with Gasteiger partial charge in [-0.3, -0.25) is 4.98 Å². The van der Waals surface area contributed by atoms with E-state index in [0.29, 0.717) is 23.6 Å². The summed E-state index contributed by atoms with van der Waals surface area (Å²) in [5.74, 6) is 0.295. The first kappa shape index (κ1) is 19.9. The number of aromatic nitrogens is 2.